The second-order valence-electron chi connectivity index (χ2n) is 8.47. The van der Waals surface area contributed by atoms with Crippen LogP contribution in [-0.2, 0) is 17.8 Å². The van der Waals surface area contributed by atoms with Gasteiger partial charge in [0.1, 0.15) is 18.4 Å². The smallest absolute Gasteiger partial charge is 0.293 e. The van der Waals surface area contributed by atoms with Crippen molar-refractivity contribution in [3.05, 3.63) is 101 Å². The Balaban J connectivity index is 1.32. The number of rotatable bonds is 7. The second-order valence-corrected chi connectivity index (χ2v) is 8.47. The topological polar surface area (TPSA) is 81.3 Å². The summed E-state index contributed by atoms with van der Waals surface area (Å²) in [6.07, 6.45) is 3.16. The van der Waals surface area contributed by atoms with Gasteiger partial charge in [0.25, 0.3) is 5.56 Å². The molecule has 0 radical (unpaired) electrons. The first-order chi connectivity index (χ1) is 16.6. The molecule has 1 atom stereocenters. The summed E-state index contributed by atoms with van der Waals surface area (Å²) in [7, 11) is 0. The lowest BCUT2D eigenvalue weighted by Crippen LogP contribution is -2.38. The molecule has 0 aliphatic heterocycles. The molecular weight excluding hydrogens is 426 g/mol. The van der Waals surface area contributed by atoms with Crippen LogP contribution in [0.3, 0.4) is 0 Å². The first-order valence-corrected chi connectivity index (χ1v) is 11.4. The molecule has 0 saturated heterocycles. The van der Waals surface area contributed by atoms with E-state index in [1.165, 1.54) is 21.1 Å². The summed E-state index contributed by atoms with van der Waals surface area (Å²) in [6.45, 7) is 1.83. The van der Waals surface area contributed by atoms with Gasteiger partial charge in [-0.25, -0.2) is 9.20 Å². The van der Waals surface area contributed by atoms with Gasteiger partial charge in [0.2, 0.25) is 5.91 Å². The third-order valence-electron chi connectivity index (χ3n) is 5.96. The number of benzene rings is 3. The van der Waals surface area contributed by atoms with Crippen molar-refractivity contribution in [3.8, 4) is 11.3 Å². The molecule has 7 nitrogen and oxygen atoms in total. The molecule has 2 heterocycles. The van der Waals surface area contributed by atoms with Crippen molar-refractivity contribution in [1.29, 1.82) is 0 Å². The highest BCUT2D eigenvalue weighted by molar-refractivity contribution is 5.96. The minimum atomic E-state index is -0.353. The quantitative estimate of drug-likeness (QED) is 0.408. The maximum atomic E-state index is 13.0. The number of nitrogens with zero attached hydrogens (tertiary/aromatic N) is 4. The molecule has 0 aliphatic rings. The van der Waals surface area contributed by atoms with Crippen molar-refractivity contribution >= 4 is 22.2 Å². The molecular formula is C27H25N5O2. The third kappa shape index (κ3) is 4.45. The van der Waals surface area contributed by atoms with Crippen LogP contribution in [0.2, 0.25) is 0 Å². The molecule has 1 N–H and O–H groups in total. The molecule has 7 heteroatoms. The van der Waals surface area contributed by atoms with Crippen LogP contribution in [0.5, 0.6) is 0 Å². The highest BCUT2D eigenvalue weighted by Gasteiger charge is 2.15. The Hall–Kier alpha value is -4.26. The molecule has 3 aromatic carbocycles. The van der Waals surface area contributed by atoms with Gasteiger partial charge < -0.3 is 5.32 Å². The lowest BCUT2D eigenvalue weighted by Gasteiger charge is -2.14. The fraction of sp³-hybridized carbons (Fsp3) is 0.185. The van der Waals surface area contributed by atoms with Crippen molar-refractivity contribution in [2.75, 3.05) is 0 Å². The summed E-state index contributed by atoms with van der Waals surface area (Å²) < 4.78 is 2.65. The van der Waals surface area contributed by atoms with E-state index in [1.54, 1.807) is 6.07 Å². The number of amides is 1. The van der Waals surface area contributed by atoms with Crippen molar-refractivity contribution < 1.29 is 4.79 Å². The van der Waals surface area contributed by atoms with Gasteiger partial charge in [-0.2, -0.15) is 10.2 Å². The number of nitrogens with one attached hydrogen (secondary N) is 1. The fourth-order valence-electron chi connectivity index (χ4n) is 4.19. The van der Waals surface area contributed by atoms with Gasteiger partial charge in [0.05, 0.1) is 5.69 Å². The van der Waals surface area contributed by atoms with E-state index in [9.17, 15) is 9.59 Å². The lowest BCUT2D eigenvalue weighted by molar-refractivity contribution is -0.122. The standard InChI is InChI=1S/C27H25N5O2/c1-19(14-15-20-8-3-2-4-9-20)29-26(33)17-31-27(34)25-16-24(30-32(25)18-28-31)23-13-7-11-21-10-5-6-12-22(21)23/h2-13,16,18-19H,14-15,17H2,1H3,(H,29,33)/t19-/m0/s1. The van der Waals surface area contributed by atoms with E-state index >= 15 is 0 Å². The fourth-order valence-corrected chi connectivity index (χ4v) is 4.19. The molecule has 34 heavy (non-hydrogen) atoms. The Bertz CT molecular complexity index is 1520. The molecule has 5 rings (SSSR count). The van der Waals surface area contributed by atoms with Crippen LogP contribution in [0, 0.1) is 0 Å². The summed E-state index contributed by atoms with van der Waals surface area (Å²) in [4.78, 5) is 25.6. The number of hydrogen-bond donors (Lipinski definition) is 1. The Labute approximate surface area is 196 Å². The van der Waals surface area contributed by atoms with Gasteiger partial charge >= 0.3 is 0 Å². The summed E-state index contributed by atoms with van der Waals surface area (Å²) in [5, 5.41) is 13.8. The number of aryl methyl sites for hydroxylation is 1. The first-order valence-electron chi connectivity index (χ1n) is 11.4. The zero-order valence-corrected chi connectivity index (χ0v) is 18.9. The molecule has 2 aromatic heterocycles. The monoisotopic (exact) mass is 451 g/mol. The van der Waals surface area contributed by atoms with Gasteiger partial charge in [-0.3, -0.25) is 9.59 Å². The molecule has 0 unspecified atom stereocenters. The van der Waals surface area contributed by atoms with Crippen LogP contribution in [0.4, 0.5) is 0 Å². The normalized spacial score (nSPS) is 12.1. The lowest BCUT2D eigenvalue weighted by atomic mass is 10.0. The van der Waals surface area contributed by atoms with Crippen LogP contribution >= 0.6 is 0 Å². The summed E-state index contributed by atoms with van der Waals surface area (Å²) in [5.74, 6) is -0.242. The van der Waals surface area contributed by atoms with Gasteiger partial charge in [0.15, 0.2) is 0 Å². The molecule has 170 valence electrons. The zero-order chi connectivity index (χ0) is 23.5. The maximum absolute atomic E-state index is 13.0. The molecule has 0 fully saturated rings. The Kier molecular flexibility index (Phi) is 5.91. The molecule has 0 spiro atoms. The average Bonchev–Trinajstić information content (AvgIpc) is 3.30. The Morgan fingerprint density at radius 1 is 1.00 bits per heavy atom. The van der Waals surface area contributed by atoms with Crippen LogP contribution in [0.15, 0.2) is 90.0 Å². The maximum Gasteiger partial charge on any atom is 0.293 e. The minimum absolute atomic E-state index is 0.0138. The van der Waals surface area contributed by atoms with E-state index in [1.807, 2.05) is 67.6 Å². The zero-order valence-electron chi connectivity index (χ0n) is 18.9. The number of carbonyl (C=O) groups is 1. The molecule has 5 aromatic rings. The van der Waals surface area contributed by atoms with Gasteiger partial charge in [-0.05, 0) is 42.2 Å². The van der Waals surface area contributed by atoms with Gasteiger partial charge in [0, 0.05) is 11.6 Å². The van der Waals surface area contributed by atoms with Crippen molar-refractivity contribution in [3.63, 3.8) is 0 Å². The SMILES string of the molecule is C[C@@H](CCc1ccccc1)NC(=O)Cn1ncn2nc(-c3cccc4ccccc34)cc2c1=O. The van der Waals surface area contributed by atoms with E-state index in [0.29, 0.717) is 11.2 Å². The molecule has 1 amide bonds. The highest BCUT2D eigenvalue weighted by atomic mass is 16.2. The van der Waals surface area contributed by atoms with E-state index < -0.39 is 0 Å². The minimum Gasteiger partial charge on any atom is -0.352 e. The van der Waals surface area contributed by atoms with E-state index in [2.05, 4.69) is 27.6 Å². The van der Waals surface area contributed by atoms with Crippen LogP contribution in [-0.4, -0.2) is 31.3 Å². The second kappa shape index (κ2) is 9.31. The number of aromatic nitrogens is 4. The van der Waals surface area contributed by atoms with E-state index in [0.717, 1.165) is 29.2 Å². The predicted molar refractivity (Wildman–Crippen MR) is 133 cm³/mol. The highest BCUT2D eigenvalue weighted by Crippen LogP contribution is 2.27. The largest absolute Gasteiger partial charge is 0.352 e. The van der Waals surface area contributed by atoms with Crippen molar-refractivity contribution in [1.82, 2.24) is 24.7 Å². The summed E-state index contributed by atoms with van der Waals surface area (Å²) in [5.41, 5.74) is 2.89. The van der Waals surface area contributed by atoms with Gasteiger partial charge in [-0.15, -0.1) is 0 Å². The molecule has 0 aliphatic carbocycles. The predicted octanol–water partition coefficient (Wildman–Crippen LogP) is 3.85. The Morgan fingerprint density at radius 3 is 2.62 bits per heavy atom. The van der Waals surface area contributed by atoms with Crippen LogP contribution < -0.4 is 10.9 Å². The van der Waals surface area contributed by atoms with E-state index in [4.69, 9.17) is 0 Å². The van der Waals surface area contributed by atoms with Crippen LogP contribution in [0.1, 0.15) is 18.9 Å². The number of hydrogen-bond acceptors (Lipinski definition) is 4. The van der Waals surface area contributed by atoms with Crippen molar-refractivity contribution in [2.45, 2.75) is 32.4 Å². The van der Waals surface area contributed by atoms with Gasteiger partial charge in [-0.1, -0.05) is 72.8 Å². The summed E-state index contributed by atoms with van der Waals surface area (Å²) in [6, 6.07) is 26.0. The van der Waals surface area contributed by atoms with Crippen LogP contribution in [0.25, 0.3) is 27.5 Å². The first kappa shape index (κ1) is 21.6. The third-order valence-corrected chi connectivity index (χ3v) is 5.96. The van der Waals surface area contributed by atoms with E-state index in [-0.39, 0.29) is 24.1 Å². The molecule has 0 bridgehead atoms. The van der Waals surface area contributed by atoms with Crippen molar-refractivity contribution in [2.24, 2.45) is 0 Å². The molecule has 0 saturated carbocycles. The number of carbonyl (C=O) groups excluding carboxylic acids is 1. The summed E-state index contributed by atoms with van der Waals surface area (Å²) >= 11 is 0. The number of fused-ring (bicyclic) bond motifs is 2. The Morgan fingerprint density at radius 2 is 1.76 bits per heavy atom. The average molecular weight is 452 g/mol.